The molecule has 2 N–H and O–H groups in total. The van der Waals surface area contributed by atoms with E-state index >= 15 is 0 Å². The summed E-state index contributed by atoms with van der Waals surface area (Å²) >= 11 is 0.479. The van der Waals surface area contributed by atoms with Crippen molar-refractivity contribution in [2.75, 3.05) is 11.9 Å². The molecule has 23 heavy (non-hydrogen) atoms. The van der Waals surface area contributed by atoms with Crippen LogP contribution in [0.1, 0.15) is 18.5 Å². The van der Waals surface area contributed by atoms with Crippen LogP contribution in [0.15, 0.2) is 59.5 Å². The topological polar surface area (TPSA) is 41.1 Å². The fourth-order valence-electron chi connectivity index (χ4n) is 2.03. The fraction of sp³-hybridized carbons (Fsp3) is 0.235. The van der Waals surface area contributed by atoms with Gasteiger partial charge in [-0.15, -0.1) is 0 Å². The third-order valence-electron chi connectivity index (χ3n) is 3.23. The number of anilines is 1. The lowest BCUT2D eigenvalue weighted by atomic mass is 10.1. The largest absolute Gasteiger partial charge is 0.325 e. The van der Waals surface area contributed by atoms with Crippen molar-refractivity contribution in [3.05, 3.63) is 60.2 Å². The number of thioether (sulfide) groups is 1. The number of rotatable bonds is 7. The zero-order chi connectivity index (χ0) is 16.7. The van der Waals surface area contributed by atoms with E-state index in [1.54, 1.807) is 24.3 Å². The maximum Gasteiger partial charge on any atom is 0.288 e. The minimum atomic E-state index is -2.45. The molecule has 0 saturated carbocycles. The average molecular weight is 336 g/mol. The van der Waals surface area contributed by atoms with Crippen LogP contribution in [0.25, 0.3) is 0 Å². The third kappa shape index (κ3) is 6.00. The number of hydrogen-bond donors (Lipinski definition) is 2. The van der Waals surface area contributed by atoms with Crippen LogP contribution in [0.4, 0.5) is 14.5 Å². The second kappa shape index (κ2) is 8.64. The quantitative estimate of drug-likeness (QED) is 0.741. The molecule has 2 aromatic carbocycles. The van der Waals surface area contributed by atoms with Gasteiger partial charge in [0.25, 0.3) is 5.76 Å². The Balaban J connectivity index is 1.80. The predicted octanol–water partition coefficient (Wildman–Crippen LogP) is 4.29. The molecule has 0 radical (unpaired) electrons. The van der Waals surface area contributed by atoms with Crippen LogP contribution < -0.4 is 10.6 Å². The van der Waals surface area contributed by atoms with Gasteiger partial charge in [-0.25, -0.2) is 0 Å². The van der Waals surface area contributed by atoms with Crippen LogP contribution in [0.3, 0.4) is 0 Å². The van der Waals surface area contributed by atoms with Gasteiger partial charge >= 0.3 is 0 Å². The van der Waals surface area contributed by atoms with Crippen LogP contribution in [0, 0.1) is 0 Å². The van der Waals surface area contributed by atoms with Crippen molar-refractivity contribution in [2.45, 2.75) is 23.6 Å². The highest BCUT2D eigenvalue weighted by Gasteiger charge is 2.08. The Morgan fingerprint density at radius 2 is 1.74 bits per heavy atom. The van der Waals surface area contributed by atoms with Gasteiger partial charge < -0.3 is 10.6 Å². The number of carbonyl (C=O) groups is 1. The molecule has 1 atom stereocenters. The van der Waals surface area contributed by atoms with E-state index in [0.29, 0.717) is 22.3 Å². The molecule has 0 aromatic heterocycles. The van der Waals surface area contributed by atoms with Crippen LogP contribution in [-0.2, 0) is 4.79 Å². The van der Waals surface area contributed by atoms with E-state index in [9.17, 15) is 13.6 Å². The first-order valence-corrected chi connectivity index (χ1v) is 8.05. The van der Waals surface area contributed by atoms with Crippen molar-refractivity contribution >= 4 is 23.4 Å². The number of hydrogen-bond acceptors (Lipinski definition) is 3. The molecule has 122 valence electrons. The molecule has 0 aliphatic heterocycles. The van der Waals surface area contributed by atoms with Gasteiger partial charge in [-0.3, -0.25) is 4.79 Å². The molecule has 2 aromatic rings. The third-order valence-corrected chi connectivity index (χ3v) is 3.95. The Labute approximate surface area is 138 Å². The van der Waals surface area contributed by atoms with Crippen molar-refractivity contribution in [1.82, 2.24) is 5.32 Å². The van der Waals surface area contributed by atoms with Crippen LogP contribution in [0.2, 0.25) is 0 Å². The molecule has 1 amide bonds. The number of alkyl halides is 2. The Kier molecular flexibility index (Phi) is 6.55. The van der Waals surface area contributed by atoms with Crippen molar-refractivity contribution < 1.29 is 13.6 Å². The van der Waals surface area contributed by atoms with Gasteiger partial charge in [0.1, 0.15) is 0 Å². The van der Waals surface area contributed by atoms with E-state index in [4.69, 9.17) is 0 Å². The molecule has 3 nitrogen and oxygen atoms in total. The second-order valence-electron chi connectivity index (χ2n) is 4.96. The molecular formula is C17H18F2N2OS. The summed E-state index contributed by atoms with van der Waals surface area (Å²) in [4.78, 5) is 12.4. The molecule has 0 heterocycles. The summed E-state index contributed by atoms with van der Waals surface area (Å²) < 4.78 is 24.5. The van der Waals surface area contributed by atoms with E-state index in [2.05, 4.69) is 10.6 Å². The van der Waals surface area contributed by atoms with Gasteiger partial charge in [-0.1, -0.05) is 42.1 Å². The summed E-state index contributed by atoms with van der Waals surface area (Å²) in [6.07, 6.45) is 0. The first kappa shape index (κ1) is 17.4. The molecule has 6 heteroatoms. The highest BCUT2D eigenvalue weighted by atomic mass is 32.2. The summed E-state index contributed by atoms with van der Waals surface area (Å²) in [5.41, 5.74) is 1.69. The van der Waals surface area contributed by atoms with Crippen LogP contribution in [-0.4, -0.2) is 18.2 Å². The lowest BCUT2D eigenvalue weighted by Gasteiger charge is -2.14. The van der Waals surface area contributed by atoms with Gasteiger partial charge in [0, 0.05) is 16.6 Å². The minimum absolute atomic E-state index is 0.0618. The Hall–Kier alpha value is -1.92. The average Bonchev–Trinajstić information content (AvgIpc) is 2.55. The van der Waals surface area contributed by atoms with E-state index < -0.39 is 5.76 Å². The molecule has 0 aliphatic carbocycles. The van der Waals surface area contributed by atoms with Gasteiger partial charge in [0.15, 0.2) is 0 Å². The van der Waals surface area contributed by atoms with Gasteiger partial charge in [0.05, 0.1) is 6.54 Å². The van der Waals surface area contributed by atoms with Gasteiger partial charge in [-0.2, -0.15) is 8.78 Å². The predicted molar refractivity (Wildman–Crippen MR) is 89.8 cm³/mol. The first-order valence-electron chi connectivity index (χ1n) is 7.17. The maximum atomic E-state index is 12.2. The summed E-state index contributed by atoms with van der Waals surface area (Å²) in [5, 5.41) is 5.87. The van der Waals surface area contributed by atoms with Crippen molar-refractivity contribution in [1.29, 1.82) is 0 Å². The highest BCUT2D eigenvalue weighted by Crippen LogP contribution is 2.26. The monoisotopic (exact) mass is 336 g/mol. The van der Waals surface area contributed by atoms with Crippen molar-refractivity contribution in [2.24, 2.45) is 0 Å². The van der Waals surface area contributed by atoms with E-state index in [0.717, 1.165) is 5.56 Å². The molecule has 0 bridgehead atoms. The number of nitrogens with one attached hydrogen (secondary N) is 2. The zero-order valence-corrected chi connectivity index (χ0v) is 13.4. The Morgan fingerprint density at radius 1 is 1.09 bits per heavy atom. The zero-order valence-electron chi connectivity index (χ0n) is 12.6. The van der Waals surface area contributed by atoms with Crippen LogP contribution in [0.5, 0.6) is 0 Å². The summed E-state index contributed by atoms with van der Waals surface area (Å²) in [7, 11) is 0. The lowest BCUT2D eigenvalue weighted by Crippen LogP contribution is -2.30. The molecule has 0 saturated heterocycles. The number of amides is 1. The number of carbonyl (C=O) groups excluding carboxylic acids is 1. The van der Waals surface area contributed by atoms with Gasteiger partial charge in [-0.05, 0) is 36.8 Å². The minimum Gasteiger partial charge on any atom is -0.325 e. The molecular weight excluding hydrogens is 318 g/mol. The smallest absolute Gasteiger partial charge is 0.288 e. The standard InChI is InChI=1S/C17H18F2N2OS/c1-12(13-5-3-2-4-6-13)20-11-16(22)21-14-7-9-15(10-8-14)23-17(18)19/h2-10,12,17,20H,11H2,1H3,(H,21,22)/t12-/m0/s1. The van der Waals surface area contributed by atoms with Crippen LogP contribution >= 0.6 is 11.8 Å². The molecule has 0 spiro atoms. The maximum absolute atomic E-state index is 12.2. The van der Waals surface area contributed by atoms with E-state index in [1.165, 1.54) is 0 Å². The van der Waals surface area contributed by atoms with Crippen molar-refractivity contribution in [3.63, 3.8) is 0 Å². The molecule has 0 aliphatic rings. The van der Waals surface area contributed by atoms with Crippen molar-refractivity contribution in [3.8, 4) is 0 Å². The summed E-state index contributed by atoms with van der Waals surface area (Å²) in [6, 6.07) is 16.2. The number of benzene rings is 2. The SMILES string of the molecule is C[C@H](NCC(=O)Nc1ccc(SC(F)F)cc1)c1ccccc1. The molecule has 0 fully saturated rings. The van der Waals surface area contributed by atoms with Gasteiger partial charge in [0.2, 0.25) is 5.91 Å². The summed E-state index contributed by atoms with van der Waals surface area (Å²) in [5.74, 6) is -2.62. The normalized spacial score (nSPS) is 12.2. The lowest BCUT2D eigenvalue weighted by molar-refractivity contribution is -0.115. The second-order valence-corrected chi connectivity index (χ2v) is 6.03. The first-order chi connectivity index (χ1) is 11.0. The number of halogens is 2. The van der Waals surface area contributed by atoms with E-state index in [-0.39, 0.29) is 18.5 Å². The Bertz CT molecular complexity index is 620. The molecule has 2 rings (SSSR count). The fourth-order valence-corrected chi connectivity index (χ4v) is 2.53. The Morgan fingerprint density at radius 3 is 2.35 bits per heavy atom. The molecule has 0 unspecified atom stereocenters. The highest BCUT2D eigenvalue weighted by molar-refractivity contribution is 7.99. The van der Waals surface area contributed by atoms with E-state index in [1.807, 2.05) is 37.3 Å². The summed E-state index contributed by atoms with van der Waals surface area (Å²) in [6.45, 7) is 2.16.